The van der Waals surface area contributed by atoms with Crippen molar-refractivity contribution in [1.82, 2.24) is 10.3 Å². The highest BCUT2D eigenvalue weighted by Gasteiger charge is 2.21. The maximum absolute atomic E-state index is 6.03. The van der Waals surface area contributed by atoms with Gasteiger partial charge in [0.25, 0.3) is 0 Å². The van der Waals surface area contributed by atoms with Crippen molar-refractivity contribution in [3.63, 3.8) is 0 Å². The molecule has 1 heterocycles. The van der Waals surface area contributed by atoms with E-state index in [2.05, 4.69) is 29.4 Å². The van der Waals surface area contributed by atoms with Gasteiger partial charge < -0.3 is 5.32 Å². The van der Waals surface area contributed by atoms with Gasteiger partial charge in [-0.05, 0) is 42.5 Å². The molecule has 0 radical (unpaired) electrons. The number of fused-ring (bicyclic) bond motifs is 1. The van der Waals surface area contributed by atoms with Crippen LogP contribution in [-0.2, 0) is 25.8 Å². The molecule has 0 amide bonds. The molecule has 0 spiro atoms. The van der Waals surface area contributed by atoms with Crippen LogP contribution in [0.25, 0.3) is 0 Å². The van der Waals surface area contributed by atoms with Gasteiger partial charge in [-0.15, -0.1) is 11.3 Å². The molecule has 1 atom stereocenters. The van der Waals surface area contributed by atoms with Gasteiger partial charge >= 0.3 is 0 Å². The predicted octanol–water partition coefficient (Wildman–Crippen LogP) is 3.62. The van der Waals surface area contributed by atoms with Crippen LogP contribution in [-0.4, -0.2) is 11.0 Å². The van der Waals surface area contributed by atoms with Gasteiger partial charge in [-0.1, -0.05) is 24.6 Å². The Bertz CT molecular complexity index is 579. The monoisotopic (exact) mass is 292 g/mol. The lowest BCUT2D eigenvalue weighted by molar-refractivity contribution is 0.532. The molecule has 0 saturated heterocycles. The van der Waals surface area contributed by atoms with Crippen molar-refractivity contribution in [2.45, 2.75) is 38.8 Å². The van der Waals surface area contributed by atoms with Crippen LogP contribution in [0.5, 0.6) is 0 Å². The van der Waals surface area contributed by atoms with Crippen LogP contribution in [0.2, 0.25) is 5.02 Å². The van der Waals surface area contributed by atoms with E-state index in [0.29, 0.717) is 6.04 Å². The van der Waals surface area contributed by atoms with E-state index in [4.69, 9.17) is 11.6 Å². The van der Waals surface area contributed by atoms with Crippen LogP contribution in [0.4, 0.5) is 0 Å². The van der Waals surface area contributed by atoms with Crippen molar-refractivity contribution in [2.24, 2.45) is 0 Å². The number of rotatable bonds is 4. The van der Waals surface area contributed by atoms with Gasteiger partial charge in [0.15, 0.2) is 0 Å². The Labute approximate surface area is 122 Å². The zero-order valence-corrected chi connectivity index (χ0v) is 12.5. The molecular formula is C15H17ClN2S. The van der Waals surface area contributed by atoms with Gasteiger partial charge in [0.2, 0.25) is 0 Å². The van der Waals surface area contributed by atoms with E-state index >= 15 is 0 Å². The number of aromatic nitrogens is 1. The third-order valence-corrected chi connectivity index (χ3v) is 4.97. The molecule has 3 rings (SSSR count). The summed E-state index contributed by atoms with van der Waals surface area (Å²) >= 11 is 7.84. The summed E-state index contributed by atoms with van der Waals surface area (Å²) in [6, 6.07) is 6.74. The first-order valence-corrected chi connectivity index (χ1v) is 7.88. The Balaban J connectivity index is 1.58. The molecule has 1 N–H and O–H groups in total. The molecule has 2 aromatic rings. The topological polar surface area (TPSA) is 24.9 Å². The number of hydrogen-bond acceptors (Lipinski definition) is 3. The first-order valence-electron chi connectivity index (χ1n) is 6.69. The second kappa shape index (κ2) is 5.61. The lowest BCUT2D eigenvalue weighted by Crippen LogP contribution is -2.28. The molecule has 0 bridgehead atoms. The molecule has 100 valence electrons. The number of hydrogen-bond donors (Lipinski definition) is 1. The third-order valence-electron chi connectivity index (χ3n) is 3.59. The van der Waals surface area contributed by atoms with Gasteiger partial charge in [-0.3, -0.25) is 0 Å². The highest BCUT2D eigenvalue weighted by atomic mass is 35.5. The van der Waals surface area contributed by atoms with Crippen LogP contribution in [0.15, 0.2) is 24.4 Å². The lowest BCUT2D eigenvalue weighted by atomic mass is 10.1. The fourth-order valence-electron chi connectivity index (χ4n) is 2.56. The minimum absolute atomic E-state index is 0.516. The highest BCUT2D eigenvalue weighted by molar-refractivity contribution is 7.11. The van der Waals surface area contributed by atoms with Crippen LogP contribution >= 0.6 is 22.9 Å². The number of benzene rings is 1. The fourth-order valence-corrected chi connectivity index (χ4v) is 3.56. The molecule has 0 aliphatic heterocycles. The van der Waals surface area contributed by atoms with Gasteiger partial charge in [0.1, 0.15) is 5.01 Å². The van der Waals surface area contributed by atoms with E-state index < -0.39 is 0 Å². The van der Waals surface area contributed by atoms with E-state index in [1.54, 1.807) is 0 Å². The Morgan fingerprint density at radius 1 is 1.37 bits per heavy atom. The summed E-state index contributed by atoms with van der Waals surface area (Å²) in [7, 11) is 0. The van der Waals surface area contributed by atoms with Crippen molar-refractivity contribution in [2.75, 3.05) is 0 Å². The largest absolute Gasteiger partial charge is 0.307 e. The van der Waals surface area contributed by atoms with Crippen molar-refractivity contribution in [3.05, 3.63) is 50.4 Å². The maximum atomic E-state index is 6.03. The highest BCUT2D eigenvalue weighted by Crippen LogP contribution is 2.25. The van der Waals surface area contributed by atoms with Crippen LogP contribution < -0.4 is 5.32 Å². The normalized spacial score (nSPS) is 17.7. The van der Waals surface area contributed by atoms with E-state index in [-0.39, 0.29) is 0 Å². The van der Waals surface area contributed by atoms with Crippen LogP contribution in [0, 0.1) is 0 Å². The molecule has 0 saturated carbocycles. The zero-order chi connectivity index (χ0) is 13.2. The average Bonchev–Trinajstić information content (AvgIpc) is 3.01. The van der Waals surface area contributed by atoms with Crippen LogP contribution in [0.3, 0.4) is 0 Å². The first kappa shape index (κ1) is 13.1. The number of nitrogens with zero attached hydrogens (tertiary/aromatic N) is 1. The maximum Gasteiger partial charge on any atom is 0.107 e. The average molecular weight is 293 g/mol. The molecule has 4 heteroatoms. The van der Waals surface area contributed by atoms with E-state index in [0.717, 1.165) is 30.8 Å². The summed E-state index contributed by atoms with van der Waals surface area (Å²) in [6.07, 6.45) is 5.23. The van der Waals surface area contributed by atoms with Crippen molar-refractivity contribution in [1.29, 1.82) is 0 Å². The van der Waals surface area contributed by atoms with Gasteiger partial charge in [-0.2, -0.15) is 0 Å². The number of thiazole rings is 1. The molecule has 0 fully saturated rings. The van der Waals surface area contributed by atoms with E-state index in [1.807, 2.05) is 23.6 Å². The molecule has 2 nitrogen and oxygen atoms in total. The molecular weight excluding hydrogens is 276 g/mol. The minimum atomic E-state index is 0.516. The Kier molecular flexibility index (Phi) is 3.87. The number of nitrogens with one attached hydrogen (secondary N) is 1. The minimum Gasteiger partial charge on any atom is -0.307 e. The van der Waals surface area contributed by atoms with Crippen molar-refractivity contribution in [3.8, 4) is 0 Å². The number of halogens is 1. The number of aryl methyl sites for hydroxylation is 1. The zero-order valence-electron chi connectivity index (χ0n) is 10.9. The van der Waals surface area contributed by atoms with E-state index in [1.165, 1.54) is 21.0 Å². The standard InChI is InChI=1S/C15H17ClN2S/c1-2-14-8-18-15(19-14)9-17-13-6-10-3-4-12(16)5-11(10)7-13/h3-5,8,13,17H,2,6-7,9H2,1H3. The van der Waals surface area contributed by atoms with Crippen LogP contribution in [0.1, 0.15) is 27.9 Å². The molecule has 19 heavy (non-hydrogen) atoms. The van der Waals surface area contributed by atoms with Gasteiger partial charge in [0, 0.05) is 28.7 Å². The molecule has 1 aliphatic carbocycles. The summed E-state index contributed by atoms with van der Waals surface area (Å²) in [4.78, 5) is 5.81. The predicted molar refractivity (Wildman–Crippen MR) is 81.0 cm³/mol. The first-order chi connectivity index (χ1) is 9.24. The quantitative estimate of drug-likeness (QED) is 0.931. The fraction of sp³-hybridized carbons (Fsp3) is 0.400. The molecule has 1 aliphatic rings. The van der Waals surface area contributed by atoms with Crippen molar-refractivity contribution >= 4 is 22.9 Å². The third kappa shape index (κ3) is 2.99. The molecule has 1 unspecified atom stereocenters. The molecule has 1 aromatic heterocycles. The summed E-state index contributed by atoms with van der Waals surface area (Å²) < 4.78 is 0. The van der Waals surface area contributed by atoms with Gasteiger partial charge in [-0.25, -0.2) is 4.98 Å². The SMILES string of the molecule is CCc1cnc(CNC2Cc3ccc(Cl)cc3C2)s1. The summed E-state index contributed by atoms with van der Waals surface area (Å²) in [5, 5.41) is 5.63. The Hall–Kier alpha value is -0.900. The Morgan fingerprint density at radius 3 is 3.00 bits per heavy atom. The molecule has 1 aromatic carbocycles. The summed E-state index contributed by atoms with van der Waals surface area (Å²) in [6.45, 7) is 3.04. The lowest BCUT2D eigenvalue weighted by Gasteiger charge is -2.09. The summed E-state index contributed by atoms with van der Waals surface area (Å²) in [5.74, 6) is 0. The Morgan fingerprint density at radius 2 is 2.21 bits per heavy atom. The second-order valence-electron chi connectivity index (χ2n) is 4.97. The van der Waals surface area contributed by atoms with Gasteiger partial charge in [0.05, 0.1) is 0 Å². The smallest absolute Gasteiger partial charge is 0.107 e. The van der Waals surface area contributed by atoms with E-state index in [9.17, 15) is 0 Å². The second-order valence-corrected chi connectivity index (χ2v) is 6.61. The van der Waals surface area contributed by atoms with Crippen molar-refractivity contribution < 1.29 is 0 Å². The summed E-state index contributed by atoms with van der Waals surface area (Å²) in [5.41, 5.74) is 2.81.